The molecule has 5 nitrogen and oxygen atoms in total. The number of rotatable bonds is 4. The second-order valence-electron chi connectivity index (χ2n) is 7.05. The lowest BCUT2D eigenvalue weighted by atomic mass is 10.1. The van der Waals surface area contributed by atoms with Crippen LogP contribution in [-0.4, -0.2) is 18.5 Å². The molecule has 146 valence electrons. The number of anilines is 1. The Morgan fingerprint density at radius 3 is 2.79 bits per heavy atom. The van der Waals surface area contributed by atoms with E-state index in [2.05, 4.69) is 5.32 Å². The van der Waals surface area contributed by atoms with Gasteiger partial charge >= 0.3 is 5.97 Å². The highest BCUT2D eigenvalue weighted by Crippen LogP contribution is 2.40. The molecular formula is C23H19NO4S. The van der Waals surface area contributed by atoms with Crippen LogP contribution in [0.3, 0.4) is 0 Å². The number of fused-ring (bicyclic) bond motifs is 4. The Bertz CT molecular complexity index is 1270. The van der Waals surface area contributed by atoms with Gasteiger partial charge in [-0.3, -0.25) is 4.79 Å². The lowest BCUT2D eigenvalue weighted by Gasteiger charge is -2.08. The Hall–Kier alpha value is -3.12. The summed E-state index contributed by atoms with van der Waals surface area (Å²) in [4.78, 5) is 26.7. The summed E-state index contributed by atoms with van der Waals surface area (Å²) in [6.45, 7) is 2.09. The van der Waals surface area contributed by atoms with Crippen molar-refractivity contribution >= 4 is 50.2 Å². The van der Waals surface area contributed by atoms with Crippen LogP contribution in [0.5, 0.6) is 0 Å². The molecule has 2 heterocycles. The van der Waals surface area contributed by atoms with E-state index in [1.54, 1.807) is 13.0 Å². The molecule has 1 amide bonds. The third-order valence-corrected chi connectivity index (χ3v) is 6.47. The van der Waals surface area contributed by atoms with Crippen LogP contribution in [0.1, 0.15) is 44.5 Å². The molecule has 6 heteroatoms. The van der Waals surface area contributed by atoms with Crippen LogP contribution in [0.25, 0.3) is 21.9 Å². The molecule has 2 aromatic heterocycles. The predicted molar refractivity (Wildman–Crippen MR) is 114 cm³/mol. The van der Waals surface area contributed by atoms with E-state index in [1.807, 2.05) is 36.4 Å². The molecule has 1 aliphatic carbocycles. The van der Waals surface area contributed by atoms with Gasteiger partial charge in [-0.1, -0.05) is 18.2 Å². The van der Waals surface area contributed by atoms with Gasteiger partial charge in [-0.05, 0) is 56.0 Å². The zero-order chi connectivity index (χ0) is 20.0. The third kappa shape index (κ3) is 3.00. The number of thiophene rings is 1. The first-order chi connectivity index (χ1) is 14.2. The highest BCUT2D eigenvalue weighted by Gasteiger charge is 2.28. The first-order valence-electron chi connectivity index (χ1n) is 9.70. The number of benzene rings is 2. The van der Waals surface area contributed by atoms with E-state index in [0.29, 0.717) is 22.7 Å². The number of furan rings is 1. The molecule has 0 radical (unpaired) electrons. The van der Waals surface area contributed by atoms with Crippen LogP contribution in [0.15, 0.2) is 46.9 Å². The van der Waals surface area contributed by atoms with Gasteiger partial charge in [0.2, 0.25) is 0 Å². The molecule has 0 spiro atoms. The van der Waals surface area contributed by atoms with Gasteiger partial charge in [0.15, 0.2) is 0 Å². The maximum absolute atomic E-state index is 13.0. The predicted octanol–water partition coefficient (Wildman–Crippen LogP) is 5.57. The van der Waals surface area contributed by atoms with E-state index < -0.39 is 0 Å². The fourth-order valence-electron chi connectivity index (χ4n) is 3.95. The number of nitrogens with one attached hydrogen (secondary N) is 1. The smallest absolute Gasteiger partial charge is 0.341 e. The Morgan fingerprint density at radius 1 is 1.10 bits per heavy atom. The highest BCUT2D eigenvalue weighted by molar-refractivity contribution is 7.17. The van der Waals surface area contributed by atoms with Gasteiger partial charge in [-0.25, -0.2) is 4.79 Å². The molecular weight excluding hydrogens is 386 g/mol. The zero-order valence-electron chi connectivity index (χ0n) is 15.9. The van der Waals surface area contributed by atoms with Crippen molar-refractivity contribution in [3.05, 3.63) is 64.0 Å². The van der Waals surface area contributed by atoms with Gasteiger partial charge in [0.05, 0.1) is 12.2 Å². The Kier molecular flexibility index (Phi) is 4.36. The molecule has 0 saturated heterocycles. The minimum absolute atomic E-state index is 0.248. The van der Waals surface area contributed by atoms with Crippen molar-refractivity contribution in [3.63, 3.8) is 0 Å². The van der Waals surface area contributed by atoms with Crippen molar-refractivity contribution in [2.45, 2.75) is 26.2 Å². The van der Waals surface area contributed by atoms with Crippen molar-refractivity contribution in [2.24, 2.45) is 0 Å². The van der Waals surface area contributed by atoms with Crippen molar-refractivity contribution in [2.75, 3.05) is 11.9 Å². The van der Waals surface area contributed by atoms with Gasteiger partial charge in [0.1, 0.15) is 16.2 Å². The highest BCUT2D eigenvalue weighted by atomic mass is 32.1. The summed E-state index contributed by atoms with van der Waals surface area (Å²) in [6.07, 6.45) is 2.82. The van der Waals surface area contributed by atoms with E-state index >= 15 is 0 Å². The second-order valence-corrected chi connectivity index (χ2v) is 8.15. The van der Waals surface area contributed by atoms with Crippen LogP contribution in [0, 0.1) is 0 Å². The number of hydrogen-bond acceptors (Lipinski definition) is 5. The van der Waals surface area contributed by atoms with Gasteiger partial charge in [-0.15, -0.1) is 11.3 Å². The molecule has 1 aliphatic rings. The summed E-state index contributed by atoms with van der Waals surface area (Å²) in [5.41, 5.74) is 3.60. The number of hydrogen-bond donors (Lipinski definition) is 1. The fourth-order valence-corrected chi connectivity index (χ4v) is 5.23. The van der Waals surface area contributed by atoms with Crippen LogP contribution >= 0.6 is 11.3 Å². The van der Waals surface area contributed by atoms with Crippen LogP contribution in [-0.2, 0) is 17.6 Å². The quantitative estimate of drug-likeness (QED) is 0.451. The molecule has 0 saturated carbocycles. The lowest BCUT2D eigenvalue weighted by Crippen LogP contribution is -2.15. The average molecular weight is 405 g/mol. The van der Waals surface area contributed by atoms with Crippen molar-refractivity contribution < 1.29 is 18.7 Å². The number of carbonyl (C=O) groups is 2. The van der Waals surface area contributed by atoms with Gasteiger partial charge in [-0.2, -0.15) is 0 Å². The number of amides is 1. The molecule has 0 atom stereocenters. The van der Waals surface area contributed by atoms with Crippen molar-refractivity contribution in [1.29, 1.82) is 0 Å². The van der Waals surface area contributed by atoms with Gasteiger partial charge < -0.3 is 14.5 Å². The van der Waals surface area contributed by atoms with Crippen molar-refractivity contribution in [1.82, 2.24) is 0 Å². The Labute approximate surface area is 171 Å². The summed E-state index contributed by atoms with van der Waals surface area (Å²) in [5.74, 6) is -0.610. The lowest BCUT2D eigenvalue weighted by molar-refractivity contribution is 0.0527. The van der Waals surface area contributed by atoms with Crippen LogP contribution in [0.4, 0.5) is 5.00 Å². The van der Waals surface area contributed by atoms with Gasteiger partial charge in [0.25, 0.3) is 5.91 Å². The summed E-state index contributed by atoms with van der Waals surface area (Å²) in [7, 11) is 0. The largest absolute Gasteiger partial charge is 0.462 e. The minimum atomic E-state index is -0.363. The van der Waals surface area contributed by atoms with E-state index in [4.69, 9.17) is 9.15 Å². The molecule has 0 bridgehead atoms. The number of aryl methyl sites for hydroxylation is 1. The first-order valence-corrected chi connectivity index (χ1v) is 10.5. The molecule has 2 aromatic carbocycles. The van der Waals surface area contributed by atoms with E-state index in [9.17, 15) is 9.59 Å². The molecule has 4 aromatic rings. The topological polar surface area (TPSA) is 68.5 Å². The summed E-state index contributed by atoms with van der Waals surface area (Å²) in [5, 5.41) is 5.40. The average Bonchev–Trinajstić information content (AvgIpc) is 3.39. The van der Waals surface area contributed by atoms with E-state index in [1.165, 1.54) is 16.2 Å². The second kappa shape index (κ2) is 7.04. The molecule has 0 unspecified atom stereocenters. The fraction of sp³-hybridized carbons (Fsp3) is 0.217. The normalized spacial score (nSPS) is 13.0. The summed E-state index contributed by atoms with van der Waals surface area (Å²) in [6, 6.07) is 13.1. The summed E-state index contributed by atoms with van der Waals surface area (Å²) < 4.78 is 11.1. The molecule has 1 N–H and O–H groups in total. The van der Waals surface area contributed by atoms with E-state index in [0.717, 1.165) is 46.8 Å². The van der Waals surface area contributed by atoms with Crippen LogP contribution < -0.4 is 5.32 Å². The Morgan fingerprint density at radius 2 is 1.93 bits per heavy atom. The zero-order valence-corrected chi connectivity index (χ0v) is 16.7. The first kappa shape index (κ1) is 17.9. The molecule has 0 fully saturated rings. The maximum Gasteiger partial charge on any atom is 0.341 e. The number of para-hydroxylation sites is 1. The number of esters is 1. The molecule has 29 heavy (non-hydrogen) atoms. The van der Waals surface area contributed by atoms with Gasteiger partial charge in [0, 0.05) is 21.2 Å². The third-order valence-electron chi connectivity index (χ3n) is 5.27. The monoisotopic (exact) mass is 405 g/mol. The van der Waals surface area contributed by atoms with Crippen molar-refractivity contribution in [3.8, 4) is 0 Å². The summed E-state index contributed by atoms with van der Waals surface area (Å²) >= 11 is 1.48. The van der Waals surface area contributed by atoms with Crippen LogP contribution in [0.2, 0.25) is 0 Å². The standard InChI is InChI=1S/C23H19NO4S/c1-2-27-23(26)20-15-7-5-9-19(15)29-22(20)24-21(25)13-10-11-18-16(12-13)14-6-3-4-8-17(14)28-18/h3-4,6,8,10-12H,2,5,7,9H2,1H3,(H,24,25). The number of ether oxygens (including phenoxy) is 1. The SMILES string of the molecule is CCOC(=O)c1c(NC(=O)c2ccc3oc4ccccc4c3c2)sc2c1CCC2. The Balaban J connectivity index is 1.51. The van der Waals surface area contributed by atoms with E-state index in [-0.39, 0.29) is 11.9 Å². The maximum atomic E-state index is 13.0. The minimum Gasteiger partial charge on any atom is -0.462 e. The number of carbonyl (C=O) groups excluding carboxylic acids is 2. The molecule has 0 aliphatic heterocycles. The molecule has 5 rings (SSSR count).